The van der Waals surface area contributed by atoms with Crippen LogP contribution in [0.5, 0.6) is 0 Å². The minimum atomic E-state index is -4.41. The molecule has 1 fully saturated rings. The van der Waals surface area contributed by atoms with Gasteiger partial charge >= 0.3 is 6.18 Å². The van der Waals surface area contributed by atoms with Crippen LogP contribution in [0.3, 0.4) is 0 Å². The summed E-state index contributed by atoms with van der Waals surface area (Å²) < 4.78 is 45.5. The van der Waals surface area contributed by atoms with E-state index in [9.17, 15) is 18.0 Å². The summed E-state index contributed by atoms with van der Waals surface area (Å²) in [5.41, 5.74) is -0.661. The lowest BCUT2D eigenvalue weighted by atomic mass is 9.86. The smallest absolute Gasteiger partial charge is 0.416 e. The number of hydrogen-bond donors (Lipinski definition) is 2. The van der Waals surface area contributed by atoms with Gasteiger partial charge < -0.3 is 15.1 Å². The van der Waals surface area contributed by atoms with E-state index < -0.39 is 17.2 Å². The lowest BCUT2D eigenvalue weighted by Gasteiger charge is -2.15. The van der Waals surface area contributed by atoms with Crippen LogP contribution in [0.4, 0.5) is 24.5 Å². The zero-order valence-electron chi connectivity index (χ0n) is 15.8. The molecule has 0 spiro atoms. The second-order valence-corrected chi connectivity index (χ2v) is 6.86. The summed E-state index contributed by atoms with van der Waals surface area (Å²) in [6.07, 6.45) is -0.865. The molecule has 0 radical (unpaired) electrons. The van der Waals surface area contributed by atoms with Crippen molar-refractivity contribution >= 4 is 17.3 Å². The minimum Gasteiger partial charge on any atom is -0.418 e. The van der Waals surface area contributed by atoms with Gasteiger partial charge in [0, 0.05) is 25.5 Å². The molecule has 1 amide bonds. The summed E-state index contributed by atoms with van der Waals surface area (Å²) in [5, 5.41) is 18.0. The lowest BCUT2D eigenvalue weighted by Crippen LogP contribution is -2.33. The van der Waals surface area contributed by atoms with Crippen LogP contribution in [0.25, 0.3) is 11.6 Å². The molecule has 0 saturated carbocycles. The Kier molecular flexibility index (Phi) is 4.60. The van der Waals surface area contributed by atoms with Crippen molar-refractivity contribution in [2.24, 2.45) is 7.05 Å². The summed E-state index contributed by atoms with van der Waals surface area (Å²) in [7, 11) is 1.67. The van der Waals surface area contributed by atoms with Crippen LogP contribution in [0.15, 0.2) is 47.5 Å². The van der Waals surface area contributed by atoms with E-state index in [-0.39, 0.29) is 17.7 Å². The second-order valence-electron chi connectivity index (χ2n) is 6.86. The topological polar surface area (TPSA) is 97.9 Å². The van der Waals surface area contributed by atoms with Crippen molar-refractivity contribution in [1.29, 1.82) is 0 Å². The highest BCUT2D eigenvalue weighted by Crippen LogP contribution is 2.36. The molecule has 11 heteroatoms. The van der Waals surface area contributed by atoms with Crippen LogP contribution in [-0.2, 0) is 23.4 Å². The molecule has 30 heavy (non-hydrogen) atoms. The highest BCUT2D eigenvalue weighted by atomic mass is 19.4. The largest absolute Gasteiger partial charge is 0.418 e. The Balaban J connectivity index is 1.64. The van der Waals surface area contributed by atoms with Gasteiger partial charge in [0.05, 0.1) is 11.3 Å². The Bertz CT molecular complexity index is 1100. The number of halogens is 3. The first-order valence-electron chi connectivity index (χ1n) is 8.97. The molecule has 4 rings (SSSR count). The van der Waals surface area contributed by atoms with Crippen molar-refractivity contribution < 1.29 is 22.4 Å². The van der Waals surface area contributed by atoms with Gasteiger partial charge in [-0.1, -0.05) is 6.08 Å². The third-order valence-corrected chi connectivity index (χ3v) is 4.89. The van der Waals surface area contributed by atoms with E-state index in [2.05, 4.69) is 32.5 Å². The van der Waals surface area contributed by atoms with Crippen LogP contribution in [-0.4, -0.2) is 32.4 Å². The molecule has 1 aliphatic rings. The van der Waals surface area contributed by atoms with Crippen molar-refractivity contribution in [2.75, 3.05) is 11.9 Å². The summed E-state index contributed by atoms with van der Waals surface area (Å²) in [4.78, 5) is 12.3. The van der Waals surface area contributed by atoms with Crippen LogP contribution in [0.1, 0.15) is 17.9 Å². The Hall–Kier alpha value is -3.63. The van der Waals surface area contributed by atoms with E-state index >= 15 is 0 Å². The lowest BCUT2D eigenvalue weighted by molar-refractivity contribution is -0.137. The maximum Gasteiger partial charge on any atom is 0.416 e. The van der Waals surface area contributed by atoms with E-state index in [1.54, 1.807) is 13.2 Å². The van der Waals surface area contributed by atoms with Crippen LogP contribution in [0, 0.1) is 0 Å². The first kappa shape index (κ1) is 19.7. The second kappa shape index (κ2) is 7.01. The zero-order chi connectivity index (χ0) is 21.5. The van der Waals surface area contributed by atoms with Crippen molar-refractivity contribution in [3.63, 3.8) is 0 Å². The fourth-order valence-corrected chi connectivity index (χ4v) is 3.27. The Morgan fingerprint density at radius 1 is 1.30 bits per heavy atom. The zero-order valence-corrected chi connectivity index (χ0v) is 15.8. The van der Waals surface area contributed by atoms with Crippen LogP contribution < -0.4 is 10.6 Å². The first-order chi connectivity index (χ1) is 14.2. The first-order valence-corrected chi connectivity index (χ1v) is 8.97. The molecule has 1 aromatic carbocycles. The number of benzene rings is 1. The van der Waals surface area contributed by atoms with Gasteiger partial charge in [0.1, 0.15) is 5.41 Å². The number of anilines is 2. The number of rotatable bonds is 5. The third-order valence-electron chi connectivity index (χ3n) is 4.89. The molecule has 2 aromatic heterocycles. The highest BCUT2D eigenvalue weighted by molar-refractivity contribution is 5.91. The van der Waals surface area contributed by atoms with Crippen molar-refractivity contribution in [3.8, 4) is 11.6 Å². The minimum absolute atomic E-state index is 0.0703. The van der Waals surface area contributed by atoms with Gasteiger partial charge in [0.15, 0.2) is 5.69 Å². The molecular formula is C19H17F3N6O2. The van der Waals surface area contributed by atoms with Crippen molar-refractivity contribution in [3.05, 3.63) is 54.6 Å². The van der Waals surface area contributed by atoms with Crippen LogP contribution >= 0.6 is 0 Å². The summed E-state index contributed by atoms with van der Waals surface area (Å²) >= 11 is 0. The number of carbonyl (C=O) groups excluding carboxylic acids is 1. The number of carbonyl (C=O) groups is 1. The molecule has 1 saturated heterocycles. The highest BCUT2D eigenvalue weighted by Gasteiger charge is 2.46. The van der Waals surface area contributed by atoms with Crippen molar-refractivity contribution in [1.82, 2.24) is 25.3 Å². The maximum absolute atomic E-state index is 12.8. The summed E-state index contributed by atoms with van der Waals surface area (Å²) in [6, 6.07) is 4.59. The molecule has 0 aliphatic carbocycles. The SMILES string of the molecule is C=C[C@@]1(c2nnc(-c3nn(C)cc3Nc3ccc(C(F)(F)F)cc3)o2)CCNC1=O. The Morgan fingerprint density at radius 3 is 2.63 bits per heavy atom. The fourth-order valence-electron chi connectivity index (χ4n) is 3.27. The maximum atomic E-state index is 12.8. The average Bonchev–Trinajstić information content (AvgIpc) is 3.40. The normalized spacial score (nSPS) is 19.0. The average molecular weight is 418 g/mol. The summed E-state index contributed by atoms with van der Waals surface area (Å²) in [6.45, 7) is 4.19. The molecule has 2 N–H and O–H groups in total. The molecule has 1 atom stereocenters. The number of nitrogens with zero attached hydrogens (tertiary/aromatic N) is 4. The molecule has 8 nitrogen and oxygen atoms in total. The standard InChI is InChI=1S/C19H17F3N6O2/c1-3-18(8-9-23-16(18)29)17-26-25-15(30-17)14-13(10-28(2)27-14)24-12-6-4-11(5-7-12)19(20,21)22/h3-7,10,24H,1,8-9H2,2H3,(H,23,29)/t18-/m1/s1. The van der Waals surface area contributed by atoms with Crippen molar-refractivity contribution in [2.45, 2.75) is 18.0 Å². The van der Waals surface area contributed by atoms with E-state index in [0.717, 1.165) is 12.1 Å². The van der Waals surface area contributed by atoms with E-state index in [0.29, 0.717) is 30.0 Å². The molecule has 3 heterocycles. The molecule has 156 valence electrons. The number of amides is 1. The molecule has 3 aromatic rings. The Morgan fingerprint density at radius 2 is 2.03 bits per heavy atom. The van der Waals surface area contributed by atoms with Gasteiger partial charge in [0.25, 0.3) is 5.89 Å². The Labute approximate surface area is 168 Å². The molecule has 0 unspecified atom stereocenters. The van der Waals surface area contributed by atoms with E-state index in [1.807, 2.05) is 0 Å². The van der Waals surface area contributed by atoms with Gasteiger partial charge in [-0.05, 0) is 30.7 Å². The van der Waals surface area contributed by atoms with Gasteiger partial charge in [-0.25, -0.2) is 0 Å². The molecule has 1 aliphatic heterocycles. The van der Waals surface area contributed by atoms with Gasteiger partial charge in [-0.2, -0.15) is 18.3 Å². The van der Waals surface area contributed by atoms with Crippen LogP contribution in [0.2, 0.25) is 0 Å². The predicted octanol–water partition coefficient (Wildman–Crippen LogP) is 3.18. The number of hydrogen-bond acceptors (Lipinski definition) is 6. The van der Waals surface area contributed by atoms with Gasteiger partial charge in [0.2, 0.25) is 11.8 Å². The third kappa shape index (κ3) is 3.31. The number of alkyl halides is 3. The van der Waals surface area contributed by atoms with Gasteiger partial charge in [-0.3, -0.25) is 9.48 Å². The number of nitrogens with one attached hydrogen (secondary N) is 2. The molecule has 0 bridgehead atoms. The van der Waals surface area contributed by atoms with E-state index in [1.165, 1.54) is 22.9 Å². The number of aryl methyl sites for hydroxylation is 1. The monoisotopic (exact) mass is 418 g/mol. The quantitative estimate of drug-likeness (QED) is 0.618. The summed E-state index contributed by atoms with van der Waals surface area (Å²) in [5.74, 6) is -0.0913. The fraction of sp³-hybridized carbons (Fsp3) is 0.263. The molecular weight excluding hydrogens is 401 g/mol. The van der Waals surface area contributed by atoms with E-state index in [4.69, 9.17) is 4.42 Å². The predicted molar refractivity (Wildman–Crippen MR) is 101 cm³/mol. The van der Waals surface area contributed by atoms with Gasteiger partial charge in [-0.15, -0.1) is 16.8 Å². The number of aromatic nitrogens is 4.